The van der Waals surface area contributed by atoms with Crippen molar-refractivity contribution in [1.29, 1.82) is 0 Å². The lowest BCUT2D eigenvalue weighted by Crippen LogP contribution is -2.07. The van der Waals surface area contributed by atoms with E-state index >= 15 is 0 Å². The minimum absolute atomic E-state index is 0.0296. The van der Waals surface area contributed by atoms with Gasteiger partial charge in [-0.2, -0.15) is 4.98 Å². The molecule has 0 unspecified atom stereocenters. The molecule has 10 heteroatoms. The Labute approximate surface area is 115 Å². The Morgan fingerprint density at radius 3 is 2.33 bits per heavy atom. The van der Waals surface area contributed by atoms with Gasteiger partial charge in [0.1, 0.15) is 5.69 Å². The SMILES string of the molecule is Cc1nc(N)nc(Nc2cc(F)c(F)c(F)c2)c1[N+](=O)[O-]. The minimum Gasteiger partial charge on any atom is -0.368 e. The fourth-order valence-corrected chi connectivity index (χ4v) is 1.66. The van der Waals surface area contributed by atoms with Crippen LogP contribution in [0.5, 0.6) is 0 Å². The topological polar surface area (TPSA) is 107 Å². The standard InChI is InChI=1S/C11H8F3N5O2/c1-4-9(19(20)21)10(18-11(15)16-4)17-5-2-6(12)8(14)7(13)3-5/h2-3H,1H3,(H3,15,16,17,18). The zero-order valence-corrected chi connectivity index (χ0v) is 10.5. The quantitative estimate of drug-likeness (QED) is 0.512. The van der Waals surface area contributed by atoms with Gasteiger partial charge in [0, 0.05) is 17.8 Å². The maximum absolute atomic E-state index is 13.1. The molecule has 1 aromatic carbocycles. The Morgan fingerprint density at radius 2 is 1.81 bits per heavy atom. The van der Waals surface area contributed by atoms with Crippen molar-refractivity contribution in [3.63, 3.8) is 0 Å². The molecular formula is C11H8F3N5O2. The Balaban J connectivity index is 2.51. The van der Waals surface area contributed by atoms with Crippen LogP contribution in [0.1, 0.15) is 5.69 Å². The third-order valence-electron chi connectivity index (χ3n) is 2.50. The average Bonchev–Trinajstić information content (AvgIpc) is 2.34. The van der Waals surface area contributed by atoms with Gasteiger partial charge in [-0.05, 0) is 6.92 Å². The Hall–Kier alpha value is -2.91. The maximum atomic E-state index is 13.1. The van der Waals surface area contributed by atoms with Crippen molar-refractivity contribution >= 4 is 23.1 Å². The maximum Gasteiger partial charge on any atom is 0.332 e. The molecule has 0 spiro atoms. The summed E-state index contributed by atoms with van der Waals surface area (Å²) >= 11 is 0. The number of aromatic nitrogens is 2. The predicted molar refractivity (Wildman–Crippen MR) is 67.4 cm³/mol. The van der Waals surface area contributed by atoms with Gasteiger partial charge in [0.2, 0.25) is 11.8 Å². The van der Waals surface area contributed by atoms with E-state index < -0.39 is 28.1 Å². The van der Waals surface area contributed by atoms with E-state index in [1.54, 1.807) is 0 Å². The van der Waals surface area contributed by atoms with Gasteiger partial charge < -0.3 is 11.1 Å². The number of nitrogen functional groups attached to an aromatic ring is 1. The molecule has 0 saturated carbocycles. The van der Waals surface area contributed by atoms with Crippen molar-refractivity contribution in [2.75, 3.05) is 11.1 Å². The van der Waals surface area contributed by atoms with E-state index in [4.69, 9.17) is 5.73 Å². The number of nitrogens with two attached hydrogens (primary N) is 1. The molecule has 0 saturated heterocycles. The number of nitro groups is 1. The highest BCUT2D eigenvalue weighted by atomic mass is 19.2. The Bertz CT molecular complexity index is 715. The smallest absolute Gasteiger partial charge is 0.332 e. The lowest BCUT2D eigenvalue weighted by molar-refractivity contribution is -0.385. The van der Waals surface area contributed by atoms with Gasteiger partial charge in [0.15, 0.2) is 17.5 Å². The van der Waals surface area contributed by atoms with Crippen molar-refractivity contribution in [3.8, 4) is 0 Å². The van der Waals surface area contributed by atoms with E-state index in [0.717, 1.165) is 0 Å². The number of nitrogens with zero attached hydrogens (tertiary/aromatic N) is 3. The number of aryl methyl sites for hydroxylation is 1. The fraction of sp³-hybridized carbons (Fsp3) is 0.0909. The van der Waals surface area contributed by atoms with E-state index in [1.807, 2.05) is 0 Å². The molecule has 1 aromatic heterocycles. The first-order valence-electron chi connectivity index (χ1n) is 5.49. The zero-order chi connectivity index (χ0) is 15.7. The van der Waals surface area contributed by atoms with E-state index in [-0.39, 0.29) is 23.1 Å². The summed E-state index contributed by atoms with van der Waals surface area (Å²) in [7, 11) is 0. The van der Waals surface area contributed by atoms with Crippen LogP contribution in [0, 0.1) is 34.5 Å². The first kappa shape index (κ1) is 14.5. The third-order valence-corrected chi connectivity index (χ3v) is 2.50. The van der Waals surface area contributed by atoms with Crippen LogP contribution in [0.25, 0.3) is 0 Å². The summed E-state index contributed by atoms with van der Waals surface area (Å²) in [6.07, 6.45) is 0. The number of rotatable bonds is 3. The highest BCUT2D eigenvalue weighted by Gasteiger charge is 2.22. The molecule has 0 aliphatic rings. The molecule has 0 aliphatic heterocycles. The monoisotopic (exact) mass is 299 g/mol. The second kappa shape index (κ2) is 5.23. The molecule has 21 heavy (non-hydrogen) atoms. The molecule has 0 atom stereocenters. The number of nitrogens with one attached hydrogen (secondary N) is 1. The molecule has 0 fully saturated rings. The van der Waals surface area contributed by atoms with Crippen molar-refractivity contribution in [1.82, 2.24) is 9.97 Å². The summed E-state index contributed by atoms with van der Waals surface area (Å²) in [4.78, 5) is 17.4. The summed E-state index contributed by atoms with van der Waals surface area (Å²) in [5.74, 6) is -5.15. The van der Waals surface area contributed by atoms with E-state index in [1.165, 1.54) is 6.92 Å². The van der Waals surface area contributed by atoms with Gasteiger partial charge in [-0.15, -0.1) is 0 Å². The van der Waals surface area contributed by atoms with Crippen LogP contribution >= 0.6 is 0 Å². The van der Waals surface area contributed by atoms with Gasteiger partial charge >= 0.3 is 5.69 Å². The highest BCUT2D eigenvalue weighted by molar-refractivity contribution is 5.68. The van der Waals surface area contributed by atoms with Gasteiger partial charge in [0.05, 0.1) is 4.92 Å². The van der Waals surface area contributed by atoms with E-state index in [9.17, 15) is 23.3 Å². The molecule has 7 nitrogen and oxygen atoms in total. The number of halogens is 3. The van der Waals surface area contributed by atoms with Crippen molar-refractivity contribution in [2.45, 2.75) is 6.92 Å². The second-order valence-electron chi connectivity index (χ2n) is 4.00. The number of hydrogen-bond donors (Lipinski definition) is 2. The lowest BCUT2D eigenvalue weighted by Gasteiger charge is -2.09. The summed E-state index contributed by atoms with van der Waals surface area (Å²) in [6, 6.07) is 1.27. The molecule has 2 aromatic rings. The second-order valence-corrected chi connectivity index (χ2v) is 4.00. The Kier molecular flexibility index (Phi) is 3.61. The molecule has 0 amide bonds. The van der Waals surface area contributed by atoms with Crippen LogP contribution in [0.15, 0.2) is 12.1 Å². The fourth-order valence-electron chi connectivity index (χ4n) is 1.66. The normalized spacial score (nSPS) is 10.5. The van der Waals surface area contributed by atoms with Crippen LogP contribution in [-0.2, 0) is 0 Å². The molecule has 1 heterocycles. The first-order valence-corrected chi connectivity index (χ1v) is 5.49. The van der Waals surface area contributed by atoms with E-state index in [2.05, 4.69) is 15.3 Å². The first-order chi connectivity index (χ1) is 9.79. The van der Waals surface area contributed by atoms with Crippen LogP contribution in [-0.4, -0.2) is 14.9 Å². The molecule has 3 N–H and O–H groups in total. The van der Waals surface area contributed by atoms with Crippen molar-refractivity contribution in [2.24, 2.45) is 0 Å². The number of anilines is 3. The summed E-state index contributed by atoms with van der Waals surface area (Å²) in [5.41, 5.74) is 4.58. The zero-order valence-electron chi connectivity index (χ0n) is 10.5. The highest BCUT2D eigenvalue weighted by Crippen LogP contribution is 2.29. The summed E-state index contributed by atoms with van der Waals surface area (Å²) in [6.45, 7) is 1.33. The lowest BCUT2D eigenvalue weighted by atomic mass is 10.2. The largest absolute Gasteiger partial charge is 0.368 e. The van der Waals surface area contributed by atoms with Gasteiger partial charge in [-0.1, -0.05) is 0 Å². The average molecular weight is 299 g/mol. The molecule has 2 rings (SSSR count). The van der Waals surface area contributed by atoms with Crippen LogP contribution < -0.4 is 11.1 Å². The van der Waals surface area contributed by atoms with Gasteiger partial charge in [0.25, 0.3) is 0 Å². The molecule has 0 aliphatic carbocycles. The van der Waals surface area contributed by atoms with E-state index in [0.29, 0.717) is 12.1 Å². The third kappa shape index (κ3) is 2.83. The van der Waals surface area contributed by atoms with Crippen LogP contribution in [0.3, 0.4) is 0 Å². The van der Waals surface area contributed by atoms with Crippen LogP contribution in [0.2, 0.25) is 0 Å². The van der Waals surface area contributed by atoms with Gasteiger partial charge in [-0.3, -0.25) is 10.1 Å². The predicted octanol–water partition coefficient (Wildman–Crippen LogP) is 2.44. The Morgan fingerprint density at radius 1 is 1.24 bits per heavy atom. The summed E-state index contributed by atoms with van der Waals surface area (Å²) in [5, 5.41) is 13.3. The van der Waals surface area contributed by atoms with Crippen LogP contribution in [0.4, 0.5) is 36.3 Å². The molecule has 110 valence electrons. The number of benzene rings is 1. The summed E-state index contributed by atoms with van der Waals surface area (Å²) < 4.78 is 39.1. The van der Waals surface area contributed by atoms with Crippen molar-refractivity contribution < 1.29 is 18.1 Å². The molecule has 0 bridgehead atoms. The van der Waals surface area contributed by atoms with Gasteiger partial charge in [-0.25, -0.2) is 18.2 Å². The number of hydrogen-bond acceptors (Lipinski definition) is 6. The molecular weight excluding hydrogens is 291 g/mol. The minimum atomic E-state index is -1.64. The molecule has 0 radical (unpaired) electrons. The van der Waals surface area contributed by atoms with Crippen molar-refractivity contribution in [3.05, 3.63) is 45.4 Å².